The first-order valence-corrected chi connectivity index (χ1v) is 16.7. The van der Waals surface area contributed by atoms with Crippen molar-refractivity contribution in [3.8, 4) is 0 Å². The molecule has 0 saturated heterocycles. The molecule has 0 bridgehead atoms. The number of alkyl halides is 1. The second-order valence-electron chi connectivity index (χ2n) is 8.57. The van der Waals surface area contributed by atoms with Gasteiger partial charge in [-0.1, -0.05) is 24.3 Å². The number of carboxylic acids is 3. The van der Waals surface area contributed by atoms with Crippen LogP contribution >= 0.6 is 11.6 Å². The second kappa shape index (κ2) is 20.8. The fourth-order valence-corrected chi connectivity index (χ4v) is 7.48. The summed E-state index contributed by atoms with van der Waals surface area (Å²) in [6, 6.07) is 8.24. The first-order chi connectivity index (χ1) is 19.4. The normalized spacial score (nSPS) is 11.8. The third kappa shape index (κ3) is 14.7. The fourth-order valence-electron chi connectivity index (χ4n) is 3.82. The van der Waals surface area contributed by atoms with Crippen LogP contribution in [0.25, 0.3) is 0 Å². The van der Waals surface area contributed by atoms with Crippen molar-refractivity contribution in [2.75, 3.05) is 81.9 Å². The SMILES string of the molecule is CO[Si](CCCN(CCN(CC(=O)O)CC(=O)O)CC(=O)O)(OC)OC.CO[Si](OC)(OC)c1ccc(CCl)cc1. The molecule has 0 radical (unpaired) electrons. The number of aliphatic carboxylic acids is 3. The molecule has 0 saturated carbocycles. The van der Waals surface area contributed by atoms with E-state index in [9.17, 15) is 14.4 Å². The first kappa shape index (κ1) is 39.0. The van der Waals surface area contributed by atoms with Crippen molar-refractivity contribution in [3.05, 3.63) is 29.8 Å². The van der Waals surface area contributed by atoms with Crippen LogP contribution in [-0.4, -0.2) is 143 Å². The molecule has 0 spiro atoms. The topological polar surface area (TPSA) is 174 Å². The predicted molar refractivity (Wildman–Crippen MR) is 154 cm³/mol. The van der Waals surface area contributed by atoms with Gasteiger partial charge in [-0.25, -0.2) is 0 Å². The van der Waals surface area contributed by atoms with E-state index in [1.165, 1.54) is 26.2 Å². The summed E-state index contributed by atoms with van der Waals surface area (Å²) >= 11 is 5.71. The number of nitrogens with zero attached hydrogens (tertiary/aromatic N) is 2. The highest BCUT2D eigenvalue weighted by Crippen LogP contribution is 2.15. The lowest BCUT2D eigenvalue weighted by Gasteiger charge is -2.27. The summed E-state index contributed by atoms with van der Waals surface area (Å²) in [4.78, 5) is 35.5. The van der Waals surface area contributed by atoms with Gasteiger partial charge in [0.15, 0.2) is 0 Å². The lowest BCUT2D eigenvalue weighted by molar-refractivity contribution is -0.143. The first-order valence-electron chi connectivity index (χ1n) is 12.5. The van der Waals surface area contributed by atoms with Crippen LogP contribution in [0.3, 0.4) is 0 Å². The quantitative estimate of drug-likeness (QED) is 0.126. The number of benzene rings is 1. The predicted octanol–water partition coefficient (Wildman–Crippen LogP) is 0.623. The molecule has 0 aliphatic carbocycles. The lowest BCUT2D eigenvalue weighted by atomic mass is 10.2. The Hall–Kier alpha value is -1.97. The highest BCUT2D eigenvalue weighted by molar-refractivity contribution is 6.75. The molecule has 41 heavy (non-hydrogen) atoms. The number of rotatable bonds is 21. The standard InChI is InChI=1S/C14H28N2O9Si.C10H15ClO3Si/c1-23-26(24-2,25-3)8-4-5-15(9-12(17)18)6-7-16(10-13(19)20)11-14(21)22;1-12-15(13-2,14-3)10-6-4-9(8-11)5-7-10/h4-11H2,1-3H3,(H,17,18)(H,19,20)(H,21,22);4-7H,8H2,1-3H3. The van der Waals surface area contributed by atoms with Crippen LogP contribution in [0.1, 0.15) is 12.0 Å². The molecule has 17 heteroatoms. The molecule has 3 N–H and O–H groups in total. The van der Waals surface area contributed by atoms with Gasteiger partial charge in [-0.2, -0.15) is 0 Å². The second-order valence-corrected chi connectivity index (χ2v) is 14.8. The number of hydrogen-bond acceptors (Lipinski definition) is 11. The van der Waals surface area contributed by atoms with Crippen molar-refractivity contribution < 1.29 is 56.3 Å². The smallest absolute Gasteiger partial charge is 0.480 e. The van der Waals surface area contributed by atoms with Gasteiger partial charge in [0.05, 0.1) is 19.6 Å². The summed E-state index contributed by atoms with van der Waals surface area (Å²) in [5, 5.41) is 27.6. The molecule has 0 amide bonds. The maximum Gasteiger partial charge on any atom is 0.536 e. The maximum atomic E-state index is 11.0. The lowest BCUT2D eigenvalue weighted by Crippen LogP contribution is -2.54. The Morgan fingerprint density at radius 3 is 1.46 bits per heavy atom. The van der Waals surface area contributed by atoms with E-state index in [1.54, 1.807) is 26.2 Å². The number of carboxylic acid groups (broad SMARTS) is 3. The van der Waals surface area contributed by atoms with E-state index in [1.807, 2.05) is 24.3 Å². The summed E-state index contributed by atoms with van der Waals surface area (Å²) in [6.45, 7) is -0.372. The number of halogens is 1. The van der Waals surface area contributed by atoms with Gasteiger partial charge in [0.1, 0.15) is 0 Å². The summed E-state index contributed by atoms with van der Waals surface area (Å²) in [7, 11) is 3.82. The van der Waals surface area contributed by atoms with Crippen molar-refractivity contribution in [3.63, 3.8) is 0 Å². The molecule has 236 valence electrons. The van der Waals surface area contributed by atoms with E-state index < -0.39 is 48.6 Å². The third-order valence-corrected chi connectivity index (χ3v) is 11.8. The molecule has 1 rings (SSSR count). The van der Waals surface area contributed by atoms with Crippen LogP contribution in [0.4, 0.5) is 0 Å². The molecule has 0 fully saturated rings. The zero-order valence-electron chi connectivity index (χ0n) is 24.5. The molecular weight excluding hydrogens is 600 g/mol. The van der Waals surface area contributed by atoms with Crippen LogP contribution in [0.2, 0.25) is 6.04 Å². The molecule has 0 unspecified atom stereocenters. The summed E-state index contributed by atoms with van der Waals surface area (Å²) in [6.07, 6.45) is 0.548. The average molecular weight is 643 g/mol. The third-order valence-electron chi connectivity index (χ3n) is 5.97. The van der Waals surface area contributed by atoms with Gasteiger partial charge >= 0.3 is 35.5 Å². The molecule has 0 aliphatic rings. The van der Waals surface area contributed by atoms with Crippen molar-refractivity contribution >= 4 is 52.3 Å². The van der Waals surface area contributed by atoms with Crippen molar-refractivity contribution in [1.29, 1.82) is 0 Å². The zero-order chi connectivity index (χ0) is 31.5. The van der Waals surface area contributed by atoms with Crippen LogP contribution in [0.15, 0.2) is 24.3 Å². The highest BCUT2D eigenvalue weighted by Gasteiger charge is 2.40. The Bertz CT molecular complexity index is 873. The van der Waals surface area contributed by atoms with Gasteiger partial charge in [-0.3, -0.25) is 24.2 Å². The van der Waals surface area contributed by atoms with E-state index >= 15 is 0 Å². The number of hydrogen-bond donors (Lipinski definition) is 3. The molecule has 0 atom stereocenters. The molecule has 1 aromatic carbocycles. The fraction of sp³-hybridized carbons (Fsp3) is 0.625. The van der Waals surface area contributed by atoms with Crippen molar-refractivity contribution in [2.24, 2.45) is 0 Å². The minimum atomic E-state index is -2.75. The molecule has 0 aliphatic heterocycles. The monoisotopic (exact) mass is 642 g/mol. The van der Waals surface area contributed by atoms with Crippen molar-refractivity contribution in [2.45, 2.75) is 18.3 Å². The average Bonchev–Trinajstić information content (AvgIpc) is 2.95. The minimum Gasteiger partial charge on any atom is -0.480 e. The Morgan fingerprint density at radius 2 is 1.10 bits per heavy atom. The van der Waals surface area contributed by atoms with Gasteiger partial charge in [0.25, 0.3) is 0 Å². The Balaban J connectivity index is 0.000000897. The van der Waals surface area contributed by atoms with Gasteiger partial charge in [0.2, 0.25) is 0 Å². The Morgan fingerprint density at radius 1 is 0.683 bits per heavy atom. The van der Waals surface area contributed by atoms with Gasteiger partial charge in [0, 0.05) is 72.9 Å². The van der Waals surface area contributed by atoms with E-state index in [-0.39, 0.29) is 19.6 Å². The zero-order valence-corrected chi connectivity index (χ0v) is 27.2. The molecule has 1 aromatic rings. The Labute approximate surface area is 248 Å². The molecule has 0 heterocycles. The van der Waals surface area contributed by atoms with Crippen LogP contribution in [0, 0.1) is 0 Å². The summed E-state index contributed by atoms with van der Waals surface area (Å²) in [5.41, 5.74) is 1.06. The van der Waals surface area contributed by atoms with E-state index in [0.29, 0.717) is 24.9 Å². The highest BCUT2D eigenvalue weighted by atomic mass is 35.5. The van der Waals surface area contributed by atoms with Crippen LogP contribution < -0.4 is 5.19 Å². The van der Waals surface area contributed by atoms with E-state index in [4.69, 9.17) is 53.5 Å². The molecular formula is C24H43ClN2O12Si2. The summed E-state index contributed by atoms with van der Waals surface area (Å²) in [5.74, 6) is -2.82. The maximum absolute atomic E-state index is 11.0. The van der Waals surface area contributed by atoms with E-state index in [0.717, 1.165) is 10.8 Å². The Kier molecular flexibility index (Phi) is 19.8. The minimum absolute atomic E-state index is 0.118. The van der Waals surface area contributed by atoms with Gasteiger partial charge in [-0.15, -0.1) is 11.6 Å². The summed E-state index contributed by atoms with van der Waals surface area (Å²) < 4.78 is 32.0. The largest absolute Gasteiger partial charge is 0.536 e. The van der Waals surface area contributed by atoms with Crippen LogP contribution in [0.5, 0.6) is 0 Å². The molecule has 14 nitrogen and oxygen atoms in total. The molecule has 0 aromatic heterocycles. The van der Waals surface area contributed by atoms with E-state index in [2.05, 4.69) is 0 Å². The van der Waals surface area contributed by atoms with Crippen LogP contribution in [-0.2, 0) is 46.8 Å². The number of carbonyl (C=O) groups is 3. The van der Waals surface area contributed by atoms with Crippen molar-refractivity contribution in [1.82, 2.24) is 9.80 Å². The van der Waals surface area contributed by atoms with Gasteiger partial charge < -0.3 is 41.9 Å². The van der Waals surface area contributed by atoms with Gasteiger partial charge in [-0.05, 0) is 18.5 Å².